The topological polar surface area (TPSA) is 43.8 Å². The number of alkyl halides is 3. The first-order valence-corrected chi connectivity index (χ1v) is 5.77. The van der Waals surface area contributed by atoms with Crippen LogP contribution in [0.4, 0.5) is 19.0 Å². The number of halogens is 4. The standard InChI is InChI=1S/C11H9BrF3N3/c1-6-4-10(16)17-18(6)9-3-2-7(12)5-8(9)11(13,14)15/h2-5H,1H3,(H2,16,17). The normalized spacial score (nSPS) is 11.8. The second kappa shape index (κ2) is 4.31. The van der Waals surface area contributed by atoms with Gasteiger partial charge in [-0.2, -0.15) is 18.3 Å². The zero-order valence-electron chi connectivity index (χ0n) is 9.29. The largest absolute Gasteiger partial charge is 0.418 e. The lowest BCUT2D eigenvalue weighted by Crippen LogP contribution is -2.12. The van der Waals surface area contributed by atoms with Gasteiger partial charge in [-0.3, -0.25) is 0 Å². The van der Waals surface area contributed by atoms with Gasteiger partial charge in [-0.15, -0.1) is 0 Å². The second-order valence-corrected chi connectivity index (χ2v) is 4.70. The van der Waals surface area contributed by atoms with Crippen molar-refractivity contribution >= 4 is 21.7 Å². The van der Waals surface area contributed by atoms with Crippen LogP contribution in [0.25, 0.3) is 5.69 Å². The van der Waals surface area contributed by atoms with Crippen LogP contribution in [0.15, 0.2) is 28.7 Å². The van der Waals surface area contributed by atoms with Crippen molar-refractivity contribution in [3.05, 3.63) is 40.0 Å². The van der Waals surface area contributed by atoms with Crippen LogP contribution < -0.4 is 5.73 Å². The van der Waals surface area contributed by atoms with Gasteiger partial charge in [0.15, 0.2) is 0 Å². The Labute approximate surface area is 110 Å². The summed E-state index contributed by atoms with van der Waals surface area (Å²) in [6.07, 6.45) is -4.45. The van der Waals surface area contributed by atoms with Crippen molar-refractivity contribution in [3.63, 3.8) is 0 Å². The average Bonchev–Trinajstić information content (AvgIpc) is 2.56. The lowest BCUT2D eigenvalue weighted by Gasteiger charge is -2.14. The first kappa shape index (κ1) is 12.9. The number of aromatic nitrogens is 2. The van der Waals surface area contributed by atoms with Crippen LogP contribution in [0, 0.1) is 6.92 Å². The van der Waals surface area contributed by atoms with Crippen LogP contribution in [0.2, 0.25) is 0 Å². The summed E-state index contributed by atoms with van der Waals surface area (Å²) in [6, 6.07) is 5.42. The Balaban J connectivity index is 2.68. The molecule has 0 aliphatic heterocycles. The van der Waals surface area contributed by atoms with Crippen LogP contribution in [0.1, 0.15) is 11.3 Å². The minimum absolute atomic E-state index is 0.0418. The van der Waals surface area contributed by atoms with Gasteiger partial charge in [-0.05, 0) is 25.1 Å². The van der Waals surface area contributed by atoms with Crippen molar-refractivity contribution in [1.29, 1.82) is 0 Å². The van der Waals surface area contributed by atoms with Crippen molar-refractivity contribution in [2.75, 3.05) is 5.73 Å². The molecule has 0 saturated carbocycles. The molecular weight excluding hydrogens is 311 g/mol. The van der Waals surface area contributed by atoms with Gasteiger partial charge in [-0.25, -0.2) is 4.68 Å². The number of nitrogen functional groups attached to an aromatic ring is 1. The van der Waals surface area contributed by atoms with Gasteiger partial charge < -0.3 is 5.73 Å². The van der Waals surface area contributed by atoms with E-state index < -0.39 is 11.7 Å². The Hall–Kier alpha value is -1.50. The monoisotopic (exact) mass is 319 g/mol. The van der Waals surface area contributed by atoms with Crippen LogP contribution in [0.3, 0.4) is 0 Å². The van der Waals surface area contributed by atoms with Crippen molar-refractivity contribution in [1.82, 2.24) is 9.78 Å². The quantitative estimate of drug-likeness (QED) is 0.873. The highest BCUT2D eigenvalue weighted by Crippen LogP contribution is 2.35. The molecule has 0 aliphatic rings. The number of benzene rings is 1. The molecule has 0 aliphatic carbocycles. The molecule has 1 heterocycles. The summed E-state index contributed by atoms with van der Waals surface area (Å²) in [7, 11) is 0. The molecule has 2 rings (SSSR count). The van der Waals surface area contributed by atoms with E-state index in [0.717, 1.165) is 6.07 Å². The summed E-state index contributed by atoms with van der Waals surface area (Å²) in [4.78, 5) is 0. The average molecular weight is 320 g/mol. The fraction of sp³-hybridized carbons (Fsp3) is 0.182. The van der Waals surface area contributed by atoms with Crippen molar-refractivity contribution in [3.8, 4) is 5.69 Å². The summed E-state index contributed by atoms with van der Waals surface area (Å²) in [5, 5.41) is 3.86. The van der Waals surface area contributed by atoms with E-state index in [4.69, 9.17) is 5.73 Å². The highest BCUT2D eigenvalue weighted by atomic mass is 79.9. The summed E-state index contributed by atoms with van der Waals surface area (Å²) >= 11 is 3.03. The Bertz CT molecular complexity index is 590. The maximum absolute atomic E-state index is 13.0. The highest BCUT2D eigenvalue weighted by molar-refractivity contribution is 9.10. The smallest absolute Gasteiger partial charge is 0.382 e. The van der Waals surface area contributed by atoms with E-state index in [1.54, 1.807) is 6.92 Å². The third-order valence-electron chi connectivity index (χ3n) is 2.40. The first-order chi connectivity index (χ1) is 8.29. The number of hydrogen-bond donors (Lipinski definition) is 1. The lowest BCUT2D eigenvalue weighted by atomic mass is 10.1. The third kappa shape index (κ3) is 2.35. The molecule has 18 heavy (non-hydrogen) atoms. The molecule has 0 spiro atoms. The molecule has 1 aromatic carbocycles. The molecule has 3 nitrogen and oxygen atoms in total. The van der Waals surface area contributed by atoms with Crippen LogP contribution in [-0.2, 0) is 6.18 Å². The Morgan fingerprint density at radius 1 is 1.28 bits per heavy atom. The Morgan fingerprint density at radius 3 is 2.44 bits per heavy atom. The zero-order chi connectivity index (χ0) is 13.5. The molecule has 0 saturated heterocycles. The summed E-state index contributed by atoms with van der Waals surface area (Å²) in [5.74, 6) is 0.184. The predicted octanol–water partition coefficient (Wildman–Crippen LogP) is 3.54. The van der Waals surface area contributed by atoms with Crippen molar-refractivity contribution in [2.45, 2.75) is 13.1 Å². The number of anilines is 1. The molecule has 2 N–H and O–H groups in total. The molecule has 0 atom stereocenters. The van der Waals surface area contributed by atoms with E-state index in [-0.39, 0.29) is 11.5 Å². The Morgan fingerprint density at radius 2 is 1.94 bits per heavy atom. The molecule has 2 aromatic rings. The van der Waals surface area contributed by atoms with Crippen LogP contribution in [-0.4, -0.2) is 9.78 Å². The fourth-order valence-electron chi connectivity index (χ4n) is 1.66. The van der Waals surface area contributed by atoms with Gasteiger partial charge in [0.05, 0.1) is 11.3 Å². The van der Waals surface area contributed by atoms with Crippen molar-refractivity contribution < 1.29 is 13.2 Å². The molecule has 7 heteroatoms. The van der Waals surface area contributed by atoms with Crippen LogP contribution in [0.5, 0.6) is 0 Å². The first-order valence-electron chi connectivity index (χ1n) is 4.98. The van der Waals surface area contributed by atoms with Crippen LogP contribution >= 0.6 is 15.9 Å². The van der Waals surface area contributed by atoms with E-state index in [0.29, 0.717) is 10.2 Å². The maximum Gasteiger partial charge on any atom is 0.418 e. The Kier molecular flexibility index (Phi) is 3.10. The second-order valence-electron chi connectivity index (χ2n) is 3.78. The summed E-state index contributed by atoms with van der Waals surface area (Å²) in [6.45, 7) is 1.64. The zero-order valence-corrected chi connectivity index (χ0v) is 10.9. The van der Waals surface area contributed by atoms with Gasteiger partial charge in [0, 0.05) is 16.2 Å². The van der Waals surface area contributed by atoms with E-state index in [2.05, 4.69) is 21.0 Å². The van der Waals surface area contributed by atoms with E-state index in [9.17, 15) is 13.2 Å². The van der Waals surface area contributed by atoms with E-state index in [1.807, 2.05) is 0 Å². The molecule has 0 radical (unpaired) electrons. The minimum Gasteiger partial charge on any atom is -0.382 e. The lowest BCUT2D eigenvalue weighted by molar-refractivity contribution is -0.137. The summed E-state index contributed by atoms with van der Waals surface area (Å²) in [5.41, 5.74) is 5.22. The minimum atomic E-state index is -4.45. The van der Waals surface area contributed by atoms with Crippen molar-refractivity contribution in [2.24, 2.45) is 0 Å². The molecule has 96 valence electrons. The summed E-state index contributed by atoms with van der Waals surface area (Å²) < 4.78 is 40.4. The number of nitrogens with two attached hydrogens (primary N) is 1. The SMILES string of the molecule is Cc1cc(N)nn1-c1ccc(Br)cc1C(F)(F)F. The fourth-order valence-corrected chi connectivity index (χ4v) is 2.02. The van der Waals surface area contributed by atoms with Gasteiger partial charge in [0.25, 0.3) is 0 Å². The third-order valence-corrected chi connectivity index (χ3v) is 2.89. The van der Waals surface area contributed by atoms with Gasteiger partial charge in [-0.1, -0.05) is 15.9 Å². The molecular formula is C11H9BrF3N3. The van der Waals surface area contributed by atoms with E-state index in [1.165, 1.54) is 22.9 Å². The number of aryl methyl sites for hydroxylation is 1. The predicted molar refractivity (Wildman–Crippen MR) is 65.4 cm³/mol. The van der Waals surface area contributed by atoms with Gasteiger partial charge in [0.2, 0.25) is 0 Å². The molecule has 0 bridgehead atoms. The number of hydrogen-bond acceptors (Lipinski definition) is 2. The number of nitrogens with zero attached hydrogens (tertiary/aromatic N) is 2. The maximum atomic E-state index is 13.0. The molecule has 0 fully saturated rings. The highest BCUT2D eigenvalue weighted by Gasteiger charge is 2.34. The van der Waals surface area contributed by atoms with Gasteiger partial charge in [0.1, 0.15) is 5.82 Å². The van der Waals surface area contributed by atoms with Gasteiger partial charge >= 0.3 is 6.18 Å². The van der Waals surface area contributed by atoms with E-state index >= 15 is 0 Å². The number of rotatable bonds is 1. The molecule has 0 amide bonds. The molecule has 1 aromatic heterocycles. The molecule has 0 unspecified atom stereocenters.